The van der Waals surface area contributed by atoms with E-state index in [0.29, 0.717) is 18.8 Å². The van der Waals surface area contributed by atoms with Gasteiger partial charge in [0.2, 0.25) is 5.91 Å². The third-order valence-corrected chi connectivity index (χ3v) is 2.95. The number of benzene rings is 1. The van der Waals surface area contributed by atoms with E-state index in [4.69, 9.17) is 0 Å². The highest BCUT2D eigenvalue weighted by Gasteiger charge is 2.15. The number of carbonyl (C=O) groups is 2. The molecule has 0 unspecified atom stereocenters. The quantitative estimate of drug-likeness (QED) is 0.397. The molecule has 0 aliphatic heterocycles. The van der Waals surface area contributed by atoms with Gasteiger partial charge >= 0.3 is 0 Å². The zero-order valence-electron chi connectivity index (χ0n) is 12.8. The molecule has 0 spiro atoms. The van der Waals surface area contributed by atoms with Gasteiger partial charge in [0.05, 0.1) is 10.5 Å². The predicted molar refractivity (Wildman–Crippen MR) is 82.8 cm³/mol. The molecule has 1 aromatic carbocycles. The lowest BCUT2D eigenvalue weighted by Gasteiger charge is -2.12. The summed E-state index contributed by atoms with van der Waals surface area (Å²) in [5, 5.41) is 18.9. The standard InChI is InChI=1S/C14H20N4O4/c1-9(2)13(19)17-7-6-16-12-5-4-10(18(21)22)8-11(12)14(20)15-3/h4-5,8-9,16H,6-7H2,1-3H3,(H,15,20)(H,17,19). The topological polar surface area (TPSA) is 113 Å². The first-order valence-electron chi connectivity index (χ1n) is 6.89. The summed E-state index contributed by atoms with van der Waals surface area (Å²) < 4.78 is 0. The van der Waals surface area contributed by atoms with Crippen molar-refractivity contribution in [1.82, 2.24) is 10.6 Å². The van der Waals surface area contributed by atoms with E-state index in [1.54, 1.807) is 13.8 Å². The molecule has 0 aromatic heterocycles. The number of nitrogens with one attached hydrogen (secondary N) is 3. The highest BCUT2D eigenvalue weighted by molar-refractivity contribution is 6.00. The van der Waals surface area contributed by atoms with Crippen LogP contribution in [-0.4, -0.2) is 36.9 Å². The number of nitro benzene ring substituents is 1. The molecule has 8 nitrogen and oxygen atoms in total. The van der Waals surface area contributed by atoms with Crippen molar-refractivity contribution >= 4 is 23.2 Å². The van der Waals surface area contributed by atoms with Crippen molar-refractivity contribution in [3.05, 3.63) is 33.9 Å². The number of hydrogen-bond donors (Lipinski definition) is 3. The van der Waals surface area contributed by atoms with Crippen LogP contribution in [-0.2, 0) is 4.79 Å². The van der Waals surface area contributed by atoms with Gasteiger partial charge in [0, 0.05) is 43.9 Å². The maximum atomic E-state index is 11.8. The van der Waals surface area contributed by atoms with Crippen molar-refractivity contribution in [2.24, 2.45) is 5.92 Å². The fourth-order valence-electron chi connectivity index (χ4n) is 1.71. The Balaban J connectivity index is 2.75. The van der Waals surface area contributed by atoms with Crippen molar-refractivity contribution in [1.29, 1.82) is 0 Å². The van der Waals surface area contributed by atoms with Gasteiger partial charge in [-0.15, -0.1) is 0 Å². The second-order valence-corrected chi connectivity index (χ2v) is 4.94. The van der Waals surface area contributed by atoms with E-state index in [0.717, 1.165) is 0 Å². The van der Waals surface area contributed by atoms with Gasteiger partial charge < -0.3 is 16.0 Å². The number of carbonyl (C=O) groups excluding carboxylic acids is 2. The molecular formula is C14H20N4O4. The van der Waals surface area contributed by atoms with Crippen LogP contribution in [0.4, 0.5) is 11.4 Å². The average Bonchev–Trinajstić information content (AvgIpc) is 2.50. The van der Waals surface area contributed by atoms with Crippen LogP contribution in [0.2, 0.25) is 0 Å². The number of nitro groups is 1. The monoisotopic (exact) mass is 308 g/mol. The molecule has 0 saturated heterocycles. The number of rotatable bonds is 7. The molecule has 8 heteroatoms. The molecule has 0 aliphatic carbocycles. The first kappa shape index (κ1) is 17.4. The Hall–Kier alpha value is -2.64. The Morgan fingerprint density at radius 2 is 1.95 bits per heavy atom. The Morgan fingerprint density at radius 1 is 1.27 bits per heavy atom. The minimum absolute atomic E-state index is 0.0583. The molecule has 0 heterocycles. The van der Waals surface area contributed by atoms with Crippen LogP contribution >= 0.6 is 0 Å². The van der Waals surface area contributed by atoms with Crippen molar-refractivity contribution in [3.63, 3.8) is 0 Å². The molecule has 1 aromatic rings. The van der Waals surface area contributed by atoms with E-state index >= 15 is 0 Å². The number of hydrogen-bond acceptors (Lipinski definition) is 5. The lowest BCUT2D eigenvalue weighted by molar-refractivity contribution is -0.384. The van der Waals surface area contributed by atoms with Crippen LogP contribution in [0, 0.1) is 16.0 Å². The van der Waals surface area contributed by atoms with E-state index in [1.165, 1.54) is 25.2 Å². The zero-order valence-corrected chi connectivity index (χ0v) is 12.8. The van der Waals surface area contributed by atoms with Crippen molar-refractivity contribution < 1.29 is 14.5 Å². The number of amides is 2. The van der Waals surface area contributed by atoms with Gasteiger partial charge in [-0.3, -0.25) is 19.7 Å². The molecule has 2 amide bonds. The SMILES string of the molecule is CNC(=O)c1cc([N+](=O)[O-])ccc1NCCNC(=O)C(C)C. The zero-order chi connectivity index (χ0) is 16.7. The summed E-state index contributed by atoms with van der Waals surface area (Å²) in [7, 11) is 1.45. The van der Waals surface area contributed by atoms with E-state index in [9.17, 15) is 19.7 Å². The van der Waals surface area contributed by atoms with Crippen molar-refractivity contribution in [2.75, 3.05) is 25.5 Å². The summed E-state index contributed by atoms with van der Waals surface area (Å²) in [5.74, 6) is -0.574. The molecule has 0 bridgehead atoms. The summed E-state index contributed by atoms with van der Waals surface area (Å²) in [4.78, 5) is 33.4. The van der Waals surface area contributed by atoms with Crippen LogP contribution in [0.1, 0.15) is 24.2 Å². The van der Waals surface area contributed by atoms with Gasteiger partial charge in [0.15, 0.2) is 0 Å². The number of nitrogens with zero attached hydrogens (tertiary/aromatic N) is 1. The van der Waals surface area contributed by atoms with Gasteiger partial charge in [0.25, 0.3) is 11.6 Å². The molecule has 120 valence electrons. The van der Waals surface area contributed by atoms with Crippen LogP contribution < -0.4 is 16.0 Å². The average molecular weight is 308 g/mol. The number of non-ortho nitro benzene ring substituents is 1. The molecule has 22 heavy (non-hydrogen) atoms. The van der Waals surface area contributed by atoms with Crippen LogP contribution in [0.15, 0.2) is 18.2 Å². The maximum absolute atomic E-state index is 11.8. The van der Waals surface area contributed by atoms with Crippen molar-refractivity contribution in [2.45, 2.75) is 13.8 Å². The Labute approximate surface area is 128 Å². The summed E-state index contributed by atoms with van der Waals surface area (Å²) in [6.45, 7) is 4.38. The van der Waals surface area contributed by atoms with Gasteiger partial charge in [-0.05, 0) is 6.07 Å². The lowest BCUT2D eigenvalue weighted by Crippen LogP contribution is -2.32. The van der Waals surface area contributed by atoms with E-state index in [2.05, 4.69) is 16.0 Å². The molecule has 0 saturated carbocycles. The lowest BCUT2D eigenvalue weighted by atomic mass is 10.1. The summed E-state index contributed by atoms with van der Waals surface area (Å²) >= 11 is 0. The maximum Gasteiger partial charge on any atom is 0.270 e. The molecular weight excluding hydrogens is 288 g/mol. The third-order valence-electron chi connectivity index (χ3n) is 2.95. The van der Waals surface area contributed by atoms with Crippen LogP contribution in [0.3, 0.4) is 0 Å². The second-order valence-electron chi connectivity index (χ2n) is 4.94. The highest BCUT2D eigenvalue weighted by atomic mass is 16.6. The van der Waals surface area contributed by atoms with Crippen LogP contribution in [0.5, 0.6) is 0 Å². The van der Waals surface area contributed by atoms with Crippen molar-refractivity contribution in [3.8, 4) is 0 Å². The van der Waals surface area contributed by atoms with Gasteiger partial charge in [0.1, 0.15) is 0 Å². The minimum Gasteiger partial charge on any atom is -0.383 e. The summed E-state index contributed by atoms with van der Waals surface area (Å²) in [5.41, 5.74) is 0.507. The fourth-order valence-corrected chi connectivity index (χ4v) is 1.71. The Bertz CT molecular complexity index is 572. The normalized spacial score (nSPS) is 10.2. The number of anilines is 1. The summed E-state index contributed by atoms with van der Waals surface area (Å²) in [6, 6.07) is 4.02. The van der Waals surface area contributed by atoms with E-state index in [-0.39, 0.29) is 23.1 Å². The fraction of sp³-hybridized carbons (Fsp3) is 0.429. The molecule has 1 rings (SSSR count). The third kappa shape index (κ3) is 4.72. The highest BCUT2D eigenvalue weighted by Crippen LogP contribution is 2.21. The first-order chi connectivity index (χ1) is 10.4. The molecule has 0 fully saturated rings. The Kier molecular flexibility index (Phi) is 6.30. The van der Waals surface area contributed by atoms with Gasteiger partial charge in [-0.1, -0.05) is 13.8 Å². The van der Waals surface area contributed by atoms with E-state index in [1.807, 2.05) is 0 Å². The molecule has 3 N–H and O–H groups in total. The Morgan fingerprint density at radius 3 is 2.50 bits per heavy atom. The molecule has 0 radical (unpaired) electrons. The predicted octanol–water partition coefficient (Wildman–Crippen LogP) is 1.14. The van der Waals surface area contributed by atoms with E-state index < -0.39 is 10.8 Å². The first-order valence-corrected chi connectivity index (χ1v) is 6.89. The molecule has 0 atom stereocenters. The largest absolute Gasteiger partial charge is 0.383 e. The molecule has 0 aliphatic rings. The minimum atomic E-state index is -0.556. The van der Waals surface area contributed by atoms with Gasteiger partial charge in [-0.25, -0.2) is 0 Å². The van der Waals surface area contributed by atoms with Crippen LogP contribution in [0.25, 0.3) is 0 Å². The smallest absolute Gasteiger partial charge is 0.270 e. The van der Waals surface area contributed by atoms with Gasteiger partial charge in [-0.2, -0.15) is 0 Å². The second kappa shape index (κ2) is 7.96. The summed E-state index contributed by atoms with van der Waals surface area (Å²) in [6.07, 6.45) is 0.